The Kier molecular flexibility index (Phi) is 7.45. The largest absolute Gasteiger partial charge is 0.493 e. The SMILES string of the molecule is COc1cc([C@H](C#N)N(Cc2ccccc2)C(=O)c2sc3ccccc3c2Cl)cc(OC)c1OC. The summed E-state index contributed by atoms with van der Waals surface area (Å²) >= 11 is 7.96. The number of thiophene rings is 1. The van der Waals surface area contributed by atoms with Gasteiger partial charge in [0.25, 0.3) is 5.91 Å². The van der Waals surface area contributed by atoms with Crippen molar-refractivity contribution in [2.75, 3.05) is 21.3 Å². The first-order valence-electron chi connectivity index (χ1n) is 10.7. The summed E-state index contributed by atoms with van der Waals surface area (Å²) in [5, 5.41) is 11.5. The normalized spacial score (nSPS) is 11.5. The Balaban J connectivity index is 1.85. The quantitative estimate of drug-likeness (QED) is 0.273. The Hall–Kier alpha value is -3.73. The summed E-state index contributed by atoms with van der Waals surface area (Å²) in [4.78, 5) is 15.9. The van der Waals surface area contributed by atoms with E-state index in [9.17, 15) is 10.1 Å². The molecule has 178 valence electrons. The molecule has 0 N–H and O–H groups in total. The molecule has 4 rings (SSSR count). The molecule has 0 aliphatic rings. The van der Waals surface area contributed by atoms with Gasteiger partial charge in [-0.25, -0.2) is 0 Å². The molecule has 1 heterocycles. The maximum atomic E-state index is 14.0. The lowest BCUT2D eigenvalue weighted by Crippen LogP contribution is -2.33. The molecule has 8 heteroatoms. The minimum Gasteiger partial charge on any atom is -0.493 e. The molecule has 1 amide bonds. The van der Waals surface area contributed by atoms with Crippen molar-refractivity contribution in [2.45, 2.75) is 12.6 Å². The fraction of sp³-hybridized carbons (Fsp3) is 0.185. The van der Waals surface area contributed by atoms with E-state index in [2.05, 4.69) is 6.07 Å². The highest BCUT2D eigenvalue weighted by Gasteiger charge is 2.31. The molecule has 4 aromatic rings. The van der Waals surface area contributed by atoms with Crippen LogP contribution in [0.15, 0.2) is 66.7 Å². The number of nitrogens with zero attached hydrogens (tertiary/aromatic N) is 2. The Bertz CT molecular complexity index is 1370. The van der Waals surface area contributed by atoms with Gasteiger partial charge < -0.3 is 19.1 Å². The average Bonchev–Trinajstić information content (AvgIpc) is 3.24. The van der Waals surface area contributed by atoms with Crippen molar-refractivity contribution in [2.24, 2.45) is 0 Å². The number of amides is 1. The minimum atomic E-state index is -0.947. The van der Waals surface area contributed by atoms with Crippen LogP contribution in [0.25, 0.3) is 10.1 Å². The third-order valence-corrected chi connectivity index (χ3v) is 7.29. The maximum Gasteiger partial charge on any atom is 0.267 e. The first-order chi connectivity index (χ1) is 17.0. The zero-order valence-corrected chi connectivity index (χ0v) is 21.0. The number of carbonyl (C=O) groups excluding carboxylic acids is 1. The van der Waals surface area contributed by atoms with Crippen LogP contribution in [0.1, 0.15) is 26.8 Å². The molecule has 0 radical (unpaired) electrons. The summed E-state index contributed by atoms with van der Waals surface area (Å²) in [6.45, 7) is 0.207. The van der Waals surface area contributed by atoms with Crippen LogP contribution < -0.4 is 14.2 Å². The van der Waals surface area contributed by atoms with E-state index in [1.165, 1.54) is 37.6 Å². The third kappa shape index (κ3) is 4.76. The monoisotopic (exact) mass is 506 g/mol. The molecule has 3 aromatic carbocycles. The van der Waals surface area contributed by atoms with Crippen molar-refractivity contribution in [1.29, 1.82) is 5.26 Å². The molecule has 35 heavy (non-hydrogen) atoms. The molecule has 0 aliphatic carbocycles. The Labute approximate surface area is 212 Å². The Morgan fingerprint density at radius 2 is 1.63 bits per heavy atom. The number of benzene rings is 3. The van der Waals surface area contributed by atoms with Gasteiger partial charge in [-0.3, -0.25) is 4.79 Å². The number of nitriles is 1. The summed E-state index contributed by atoms with van der Waals surface area (Å²) in [6.07, 6.45) is 0. The highest BCUT2D eigenvalue weighted by molar-refractivity contribution is 7.21. The molecule has 0 fully saturated rings. The fourth-order valence-electron chi connectivity index (χ4n) is 3.93. The number of carbonyl (C=O) groups is 1. The van der Waals surface area contributed by atoms with Crippen LogP contribution in [0.5, 0.6) is 17.2 Å². The van der Waals surface area contributed by atoms with E-state index in [0.717, 1.165) is 15.6 Å². The van der Waals surface area contributed by atoms with Crippen molar-refractivity contribution in [3.05, 3.63) is 87.8 Å². The molecule has 0 aliphatic heterocycles. The van der Waals surface area contributed by atoms with E-state index in [-0.39, 0.29) is 12.5 Å². The molecule has 6 nitrogen and oxygen atoms in total. The van der Waals surface area contributed by atoms with Crippen LogP contribution in [0.2, 0.25) is 5.02 Å². The van der Waals surface area contributed by atoms with Crippen molar-refractivity contribution in [3.8, 4) is 23.3 Å². The van der Waals surface area contributed by atoms with Crippen molar-refractivity contribution in [3.63, 3.8) is 0 Å². The predicted molar refractivity (Wildman–Crippen MR) is 138 cm³/mol. The van der Waals surface area contributed by atoms with Gasteiger partial charge in [0.15, 0.2) is 11.5 Å². The molecule has 0 saturated heterocycles. The lowest BCUT2D eigenvalue weighted by Gasteiger charge is -2.28. The van der Waals surface area contributed by atoms with Crippen LogP contribution in [0, 0.1) is 11.3 Å². The number of hydrogen-bond donors (Lipinski definition) is 0. The number of methoxy groups -OCH3 is 3. The second-order valence-corrected chi connectivity index (χ2v) is 9.08. The second-order valence-electron chi connectivity index (χ2n) is 7.65. The van der Waals surface area contributed by atoms with Crippen LogP contribution in [0.4, 0.5) is 0 Å². The lowest BCUT2D eigenvalue weighted by atomic mass is 10.0. The van der Waals surface area contributed by atoms with Crippen LogP contribution in [-0.2, 0) is 6.54 Å². The van der Waals surface area contributed by atoms with E-state index >= 15 is 0 Å². The van der Waals surface area contributed by atoms with Crippen LogP contribution in [0.3, 0.4) is 0 Å². The van der Waals surface area contributed by atoms with Crippen molar-refractivity contribution < 1.29 is 19.0 Å². The minimum absolute atomic E-state index is 0.207. The first kappa shape index (κ1) is 24.4. The molecule has 1 atom stereocenters. The number of hydrogen-bond acceptors (Lipinski definition) is 6. The lowest BCUT2D eigenvalue weighted by molar-refractivity contribution is 0.0706. The summed E-state index contributed by atoms with van der Waals surface area (Å²) in [7, 11) is 4.52. The van der Waals surface area contributed by atoms with Crippen molar-refractivity contribution in [1.82, 2.24) is 4.90 Å². The van der Waals surface area contributed by atoms with E-state index in [1.54, 1.807) is 12.1 Å². The Morgan fingerprint density at radius 1 is 1.00 bits per heavy atom. The molecular weight excluding hydrogens is 484 g/mol. The van der Waals surface area contributed by atoms with E-state index in [4.69, 9.17) is 25.8 Å². The standard InChI is InChI=1S/C27H23ClN2O4S/c1-32-21-13-18(14-22(33-2)25(21)34-3)20(15-29)30(16-17-9-5-4-6-10-17)27(31)26-24(28)19-11-7-8-12-23(19)35-26/h4-14,20H,16H2,1-3H3/t20-/m0/s1. The molecule has 0 saturated carbocycles. The van der Waals surface area contributed by atoms with Gasteiger partial charge in [0, 0.05) is 16.6 Å². The summed E-state index contributed by atoms with van der Waals surface area (Å²) in [6, 6.07) is 21.8. The number of ether oxygens (including phenoxy) is 3. The van der Waals surface area contributed by atoms with Gasteiger partial charge in [0.2, 0.25) is 5.75 Å². The van der Waals surface area contributed by atoms with Gasteiger partial charge in [-0.1, -0.05) is 60.1 Å². The van der Waals surface area contributed by atoms with E-state index in [0.29, 0.717) is 32.7 Å². The average molecular weight is 507 g/mol. The summed E-state index contributed by atoms with van der Waals surface area (Å²) in [5.74, 6) is 0.868. The maximum absolute atomic E-state index is 14.0. The third-order valence-electron chi connectivity index (χ3n) is 5.62. The molecular formula is C27H23ClN2O4S. The van der Waals surface area contributed by atoms with Gasteiger partial charge in [0.05, 0.1) is 32.4 Å². The first-order valence-corrected chi connectivity index (χ1v) is 11.9. The van der Waals surface area contributed by atoms with Gasteiger partial charge in [-0.2, -0.15) is 5.26 Å². The molecule has 0 bridgehead atoms. The fourth-order valence-corrected chi connectivity index (χ4v) is 5.39. The van der Waals surface area contributed by atoms with Crippen LogP contribution in [-0.4, -0.2) is 32.1 Å². The highest BCUT2D eigenvalue weighted by atomic mass is 35.5. The summed E-state index contributed by atoms with van der Waals surface area (Å²) < 4.78 is 17.3. The predicted octanol–water partition coefficient (Wildman–Crippen LogP) is 6.49. The smallest absolute Gasteiger partial charge is 0.267 e. The number of rotatable bonds is 8. The molecule has 0 spiro atoms. The zero-order chi connectivity index (χ0) is 24.9. The molecule has 1 aromatic heterocycles. The van der Waals surface area contributed by atoms with E-state index in [1.807, 2.05) is 54.6 Å². The van der Waals surface area contributed by atoms with Gasteiger partial charge in [-0.15, -0.1) is 11.3 Å². The van der Waals surface area contributed by atoms with Gasteiger partial charge >= 0.3 is 0 Å². The zero-order valence-electron chi connectivity index (χ0n) is 19.4. The van der Waals surface area contributed by atoms with Crippen molar-refractivity contribution >= 4 is 38.9 Å². The summed E-state index contributed by atoms with van der Waals surface area (Å²) in [5.41, 5.74) is 1.41. The number of halogens is 1. The topological polar surface area (TPSA) is 71.8 Å². The van der Waals surface area contributed by atoms with Gasteiger partial charge in [0.1, 0.15) is 10.9 Å². The van der Waals surface area contributed by atoms with Gasteiger partial charge in [-0.05, 0) is 29.3 Å². The molecule has 0 unspecified atom stereocenters. The van der Waals surface area contributed by atoms with E-state index < -0.39 is 6.04 Å². The number of fused-ring (bicyclic) bond motifs is 1. The second kappa shape index (κ2) is 10.7. The highest BCUT2D eigenvalue weighted by Crippen LogP contribution is 2.42. The van der Waals surface area contributed by atoms with Crippen LogP contribution >= 0.6 is 22.9 Å². The Morgan fingerprint density at radius 3 is 2.20 bits per heavy atom.